The van der Waals surface area contributed by atoms with Gasteiger partial charge in [0, 0.05) is 17.5 Å². The molecule has 0 aliphatic carbocycles. The quantitative estimate of drug-likeness (QED) is 0.716. The average molecular weight is 185 g/mol. The second kappa shape index (κ2) is 4.21. The summed E-state index contributed by atoms with van der Waals surface area (Å²) in [5.41, 5.74) is 0. The number of carbonyl (C=O) groups excluding carboxylic acids is 1. The molecule has 0 saturated heterocycles. The van der Waals surface area contributed by atoms with Crippen molar-refractivity contribution in [3.8, 4) is 5.19 Å². The van der Waals surface area contributed by atoms with Gasteiger partial charge in [-0.05, 0) is 13.3 Å². The summed E-state index contributed by atoms with van der Waals surface area (Å²) in [6.45, 7) is 1.60. The molecule has 0 atom stereocenters. The monoisotopic (exact) mass is 185 g/mol. The number of methoxy groups -OCH3 is 1. The molecular weight excluding hydrogens is 174 g/mol. The zero-order valence-electron chi connectivity index (χ0n) is 7.16. The first-order valence-electron chi connectivity index (χ1n) is 3.70. The second-order valence-corrected chi connectivity index (χ2v) is 3.58. The van der Waals surface area contributed by atoms with Crippen molar-refractivity contribution in [2.45, 2.75) is 19.8 Å². The Labute approximate surface area is 75.4 Å². The van der Waals surface area contributed by atoms with Crippen LogP contribution in [0.15, 0.2) is 6.20 Å². The summed E-state index contributed by atoms with van der Waals surface area (Å²) in [5, 5.41) is 0.661. The fourth-order valence-electron chi connectivity index (χ4n) is 0.799. The molecule has 0 aromatic carbocycles. The van der Waals surface area contributed by atoms with E-state index < -0.39 is 0 Å². The summed E-state index contributed by atoms with van der Waals surface area (Å²) >= 11 is 1.49. The molecule has 0 aliphatic heterocycles. The number of aryl methyl sites for hydroxylation is 1. The van der Waals surface area contributed by atoms with Crippen LogP contribution in [0.1, 0.15) is 18.2 Å². The van der Waals surface area contributed by atoms with Crippen LogP contribution in [0.25, 0.3) is 0 Å². The molecule has 1 aromatic rings. The van der Waals surface area contributed by atoms with E-state index in [0.29, 0.717) is 11.6 Å². The van der Waals surface area contributed by atoms with Gasteiger partial charge in [0.15, 0.2) is 0 Å². The predicted octanol–water partition coefficient (Wildman–Crippen LogP) is 1.67. The molecule has 0 bridgehead atoms. The molecule has 66 valence electrons. The van der Waals surface area contributed by atoms with E-state index >= 15 is 0 Å². The highest BCUT2D eigenvalue weighted by atomic mass is 32.1. The lowest BCUT2D eigenvalue weighted by atomic mass is 10.2. The molecule has 0 aliphatic rings. The van der Waals surface area contributed by atoms with Crippen LogP contribution in [-0.4, -0.2) is 17.9 Å². The van der Waals surface area contributed by atoms with Crippen LogP contribution in [0.4, 0.5) is 0 Å². The third-order valence-electron chi connectivity index (χ3n) is 1.43. The maximum Gasteiger partial charge on any atom is 0.273 e. The lowest BCUT2D eigenvalue weighted by molar-refractivity contribution is -0.116. The topological polar surface area (TPSA) is 39.2 Å². The van der Waals surface area contributed by atoms with Crippen molar-refractivity contribution in [2.75, 3.05) is 7.11 Å². The fourth-order valence-corrected chi connectivity index (χ4v) is 1.52. The Bertz CT molecular complexity index is 270. The lowest BCUT2D eigenvalue weighted by Gasteiger charge is -1.90. The number of rotatable bonds is 4. The third-order valence-corrected chi connectivity index (χ3v) is 2.45. The van der Waals surface area contributed by atoms with Crippen LogP contribution in [-0.2, 0) is 11.2 Å². The number of ether oxygens (including phenoxy) is 1. The van der Waals surface area contributed by atoms with E-state index in [4.69, 9.17) is 4.74 Å². The number of hydrogen-bond donors (Lipinski definition) is 0. The van der Waals surface area contributed by atoms with Crippen LogP contribution in [0.3, 0.4) is 0 Å². The van der Waals surface area contributed by atoms with E-state index in [2.05, 4.69) is 4.98 Å². The van der Waals surface area contributed by atoms with Crippen molar-refractivity contribution in [3.05, 3.63) is 11.1 Å². The minimum Gasteiger partial charge on any atom is -0.473 e. The number of thiazole rings is 1. The molecule has 0 saturated carbocycles. The first kappa shape index (κ1) is 9.19. The van der Waals surface area contributed by atoms with Crippen LogP contribution >= 0.6 is 11.3 Å². The van der Waals surface area contributed by atoms with Crippen LogP contribution in [0, 0.1) is 0 Å². The Morgan fingerprint density at radius 2 is 2.50 bits per heavy atom. The number of Topliss-reactive ketones (excluding diaryl/α,β-unsaturated/α-hetero) is 1. The minimum absolute atomic E-state index is 0.211. The second-order valence-electron chi connectivity index (χ2n) is 2.50. The molecule has 0 unspecified atom stereocenters. The van der Waals surface area contributed by atoms with Crippen LogP contribution in [0.2, 0.25) is 0 Å². The summed E-state index contributed by atoms with van der Waals surface area (Å²) in [5.74, 6) is 0.211. The lowest BCUT2D eigenvalue weighted by Crippen LogP contribution is -1.91. The molecule has 1 heterocycles. The number of ketones is 1. The molecular formula is C8H11NO2S. The van der Waals surface area contributed by atoms with Gasteiger partial charge in [-0.25, -0.2) is 4.98 Å². The summed E-state index contributed by atoms with van der Waals surface area (Å²) in [7, 11) is 1.59. The van der Waals surface area contributed by atoms with Gasteiger partial charge in [0.25, 0.3) is 5.19 Å². The molecule has 0 radical (unpaired) electrons. The Morgan fingerprint density at radius 1 is 1.75 bits per heavy atom. The highest BCUT2D eigenvalue weighted by Crippen LogP contribution is 2.20. The molecule has 3 nitrogen and oxygen atoms in total. The Morgan fingerprint density at radius 3 is 3.00 bits per heavy atom. The predicted molar refractivity (Wildman–Crippen MR) is 47.7 cm³/mol. The summed E-state index contributed by atoms with van der Waals surface area (Å²) in [6, 6.07) is 0. The standard InChI is InChI=1S/C8H11NO2S/c1-6(10)3-4-7-5-9-8(11-2)12-7/h5H,3-4H2,1-2H3. The molecule has 4 heteroatoms. The van der Waals surface area contributed by atoms with Crippen LogP contribution in [0.5, 0.6) is 5.19 Å². The molecule has 1 aromatic heterocycles. The van der Waals surface area contributed by atoms with Gasteiger partial charge >= 0.3 is 0 Å². The third kappa shape index (κ3) is 2.62. The van der Waals surface area contributed by atoms with Gasteiger partial charge in [-0.15, -0.1) is 0 Å². The molecule has 0 amide bonds. The van der Waals surface area contributed by atoms with E-state index in [1.54, 1.807) is 20.2 Å². The van der Waals surface area contributed by atoms with Gasteiger partial charge in [0.1, 0.15) is 5.78 Å². The molecule has 1 rings (SSSR count). The maximum atomic E-state index is 10.6. The van der Waals surface area contributed by atoms with Gasteiger partial charge in [-0.1, -0.05) is 11.3 Å². The van der Waals surface area contributed by atoms with Gasteiger partial charge < -0.3 is 9.53 Å². The fraction of sp³-hybridized carbons (Fsp3) is 0.500. The number of nitrogens with zero attached hydrogens (tertiary/aromatic N) is 1. The largest absolute Gasteiger partial charge is 0.473 e. The average Bonchev–Trinajstić information content (AvgIpc) is 2.48. The number of hydrogen-bond acceptors (Lipinski definition) is 4. The van der Waals surface area contributed by atoms with Crippen molar-refractivity contribution in [2.24, 2.45) is 0 Å². The molecule has 12 heavy (non-hydrogen) atoms. The Balaban J connectivity index is 2.47. The zero-order valence-corrected chi connectivity index (χ0v) is 7.98. The van der Waals surface area contributed by atoms with Gasteiger partial charge in [-0.3, -0.25) is 0 Å². The maximum absolute atomic E-state index is 10.6. The molecule has 0 fully saturated rings. The zero-order chi connectivity index (χ0) is 8.97. The van der Waals surface area contributed by atoms with E-state index in [1.807, 2.05) is 0 Å². The minimum atomic E-state index is 0.211. The highest BCUT2D eigenvalue weighted by molar-refractivity contribution is 7.13. The molecule has 0 spiro atoms. The van der Waals surface area contributed by atoms with Crippen molar-refractivity contribution in [3.63, 3.8) is 0 Å². The summed E-state index contributed by atoms with van der Waals surface area (Å²) < 4.78 is 4.92. The first-order chi connectivity index (χ1) is 5.72. The smallest absolute Gasteiger partial charge is 0.273 e. The SMILES string of the molecule is COc1ncc(CCC(C)=O)s1. The van der Waals surface area contributed by atoms with Gasteiger partial charge in [-0.2, -0.15) is 0 Å². The summed E-state index contributed by atoms with van der Waals surface area (Å²) in [6.07, 6.45) is 3.12. The summed E-state index contributed by atoms with van der Waals surface area (Å²) in [4.78, 5) is 15.7. The van der Waals surface area contributed by atoms with Gasteiger partial charge in [0.2, 0.25) is 0 Å². The van der Waals surface area contributed by atoms with E-state index in [-0.39, 0.29) is 5.78 Å². The molecule has 0 N–H and O–H groups in total. The van der Waals surface area contributed by atoms with Crippen molar-refractivity contribution >= 4 is 17.1 Å². The normalized spacial score (nSPS) is 9.83. The Hall–Kier alpha value is -0.900. The van der Waals surface area contributed by atoms with Gasteiger partial charge in [0.05, 0.1) is 7.11 Å². The van der Waals surface area contributed by atoms with Crippen LogP contribution < -0.4 is 4.74 Å². The van der Waals surface area contributed by atoms with E-state index in [1.165, 1.54) is 11.3 Å². The highest BCUT2D eigenvalue weighted by Gasteiger charge is 2.02. The van der Waals surface area contributed by atoms with Crippen molar-refractivity contribution in [1.29, 1.82) is 0 Å². The number of carbonyl (C=O) groups is 1. The van der Waals surface area contributed by atoms with E-state index in [0.717, 1.165) is 11.3 Å². The van der Waals surface area contributed by atoms with Crippen molar-refractivity contribution in [1.82, 2.24) is 4.98 Å². The number of aromatic nitrogens is 1. The van der Waals surface area contributed by atoms with E-state index in [9.17, 15) is 4.79 Å². The van der Waals surface area contributed by atoms with Crippen molar-refractivity contribution < 1.29 is 9.53 Å². The first-order valence-corrected chi connectivity index (χ1v) is 4.52. The Kier molecular flexibility index (Phi) is 3.22.